The molecule has 0 aliphatic rings. The fourth-order valence-electron chi connectivity index (χ4n) is 1.40. The van der Waals surface area contributed by atoms with Crippen molar-refractivity contribution in [3.63, 3.8) is 0 Å². The summed E-state index contributed by atoms with van der Waals surface area (Å²) in [6.45, 7) is 0. The van der Waals surface area contributed by atoms with Crippen LogP contribution in [0.5, 0.6) is 0 Å². The number of carboxylic acid groups (broad SMARTS) is 1. The van der Waals surface area contributed by atoms with Crippen LogP contribution in [0, 0.1) is 0 Å². The van der Waals surface area contributed by atoms with Crippen molar-refractivity contribution in [2.75, 3.05) is 5.73 Å². The van der Waals surface area contributed by atoms with Crippen LogP contribution >= 0.6 is 11.3 Å². The normalized spacial score (nSPS) is 10.1. The lowest BCUT2D eigenvalue weighted by molar-refractivity contribution is 0.0691. The molecule has 0 aliphatic heterocycles. The number of nitrogen functional groups attached to an aromatic ring is 1. The Labute approximate surface area is 101 Å². The molecule has 3 N–H and O–H groups in total. The van der Waals surface area contributed by atoms with Crippen LogP contribution in [0.1, 0.15) is 20.2 Å². The molecule has 0 aromatic carbocycles. The molecule has 0 spiro atoms. The smallest absolute Gasteiger partial charge is 0.355 e. The van der Waals surface area contributed by atoms with Crippen molar-refractivity contribution in [1.82, 2.24) is 4.98 Å². The van der Waals surface area contributed by atoms with E-state index >= 15 is 0 Å². The van der Waals surface area contributed by atoms with Crippen molar-refractivity contribution in [2.24, 2.45) is 0 Å². The molecule has 0 saturated heterocycles. The molecule has 0 atom stereocenters. The fraction of sp³-hybridized carbons (Fsp3) is 0. The van der Waals surface area contributed by atoms with Gasteiger partial charge in [-0.25, -0.2) is 9.78 Å². The number of nitrogens with zero attached hydrogens (tertiary/aromatic N) is 1. The van der Waals surface area contributed by atoms with Crippen molar-refractivity contribution in [3.8, 4) is 10.4 Å². The molecule has 17 heavy (non-hydrogen) atoms. The van der Waals surface area contributed by atoms with Crippen molar-refractivity contribution >= 4 is 29.4 Å². The maximum absolute atomic E-state index is 11.0. The van der Waals surface area contributed by atoms with Gasteiger partial charge in [0, 0.05) is 10.4 Å². The summed E-state index contributed by atoms with van der Waals surface area (Å²) in [6, 6.07) is 6.44. The number of thiophene rings is 1. The van der Waals surface area contributed by atoms with Crippen LogP contribution in [0.25, 0.3) is 10.4 Å². The Morgan fingerprint density at radius 1 is 1.35 bits per heavy atom. The maximum Gasteiger partial charge on any atom is 0.355 e. The number of carbonyl (C=O) groups is 2. The fourth-order valence-corrected chi connectivity index (χ4v) is 2.25. The predicted octanol–water partition coefficient (Wildman–Crippen LogP) is 1.90. The lowest BCUT2D eigenvalue weighted by Gasteiger charge is -2.03. The average molecular weight is 248 g/mol. The Morgan fingerprint density at radius 2 is 2.12 bits per heavy atom. The van der Waals surface area contributed by atoms with Crippen molar-refractivity contribution < 1.29 is 14.7 Å². The Bertz CT molecular complexity index is 592. The van der Waals surface area contributed by atoms with E-state index in [1.807, 2.05) is 0 Å². The monoisotopic (exact) mass is 248 g/mol. The van der Waals surface area contributed by atoms with Gasteiger partial charge in [-0.1, -0.05) is 0 Å². The first-order valence-corrected chi connectivity index (χ1v) is 5.48. The first-order valence-electron chi connectivity index (χ1n) is 4.67. The summed E-state index contributed by atoms with van der Waals surface area (Å²) in [7, 11) is 0. The molecule has 2 aromatic rings. The predicted molar refractivity (Wildman–Crippen MR) is 64.3 cm³/mol. The molecule has 0 amide bonds. The highest BCUT2D eigenvalue weighted by molar-refractivity contribution is 7.17. The first-order chi connectivity index (χ1) is 8.11. The van der Waals surface area contributed by atoms with E-state index < -0.39 is 5.97 Å². The van der Waals surface area contributed by atoms with Crippen LogP contribution in [0.15, 0.2) is 24.3 Å². The molecule has 2 rings (SSSR count). The number of pyridine rings is 1. The molecule has 86 valence electrons. The summed E-state index contributed by atoms with van der Waals surface area (Å²) in [5, 5.41) is 9.03. The molecule has 0 unspecified atom stereocenters. The van der Waals surface area contributed by atoms with Gasteiger partial charge in [0.2, 0.25) is 0 Å². The van der Waals surface area contributed by atoms with Crippen LogP contribution in [-0.4, -0.2) is 22.3 Å². The van der Waals surface area contributed by atoms with Gasteiger partial charge in [0.1, 0.15) is 5.82 Å². The van der Waals surface area contributed by atoms with E-state index in [2.05, 4.69) is 4.98 Å². The summed E-state index contributed by atoms with van der Waals surface area (Å²) in [4.78, 5) is 26.6. The molecular formula is C11H8N2O3S. The second-order valence-corrected chi connectivity index (χ2v) is 4.37. The van der Waals surface area contributed by atoms with E-state index in [4.69, 9.17) is 10.8 Å². The molecule has 2 aromatic heterocycles. The molecule has 0 bridgehead atoms. The van der Waals surface area contributed by atoms with E-state index in [1.54, 1.807) is 18.2 Å². The Balaban J connectivity index is 2.58. The number of aromatic carboxylic acids is 1. The third kappa shape index (κ3) is 2.16. The van der Waals surface area contributed by atoms with Gasteiger partial charge in [-0.15, -0.1) is 11.3 Å². The van der Waals surface area contributed by atoms with Crippen LogP contribution < -0.4 is 5.73 Å². The minimum Gasteiger partial charge on any atom is -0.476 e. The standard InChI is InChI=1S/C11H8N2O3S/c12-9-4-2-7(10(13-9)11(15)16)8-3-1-6(5-14)17-8/h1-5H,(H2,12,13)(H,15,16). The first kappa shape index (κ1) is 11.3. The minimum atomic E-state index is -1.15. The number of rotatable bonds is 3. The van der Waals surface area contributed by atoms with Gasteiger partial charge >= 0.3 is 5.97 Å². The second-order valence-electron chi connectivity index (χ2n) is 3.26. The van der Waals surface area contributed by atoms with Gasteiger partial charge in [-0.3, -0.25) is 4.79 Å². The highest BCUT2D eigenvalue weighted by Gasteiger charge is 2.15. The number of anilines is 1. The Kier molecular flexibility index (Phi) is 2.88. The van der Waals surface area contributed by atoms with Crippen LogP contribution in [-0.2, 0) is 0 Å². The summed E-state index contributed by atoms with van der Waals surface area (Å²) in [6.07, 6.45) is 0.722. The quantitative estimate of drug-likeness (QED) is 0.809. The molecule has 0 radical (unpaired) electrons. The minimum absolute atomic E-state index is 0.107. The van der Waals surface area contributed by atoms with Crippen molar-refractivity contribution in [1.29, 1.82) is 0 Å². The summed E-state index contributed by atoms with van der Waals surface area (Å²) >= 11 is 1.21. The van der Waals surface area contributed by atoms with E-state index in [0.29, 0.717) is 15.3 Å². The van der Waals surface area contributed by atoms with Gasteiger partial charge in [-0.2, -0.15) is 0 Å². The number of carbonyl (C=O) groups excluding carboxylic acids is 1. The van der Waals surface area contributed by atoms with Crippen LogP contribution in [0.4, 0.5) is 5.82 Å². The highest BCUT2D eigenvalue weighted by Crippen LogP contribution is 2.29. The molecule has 0 fully saturated rings. The van der Waals surface area contributed by atoms with Crippen molar-refractivity contribution in [3.05, 3.63) is 34.8 Å². The average Bonchev–Trinajstić information content (AvgIpc) is 2.77. The summed E-state index contributed by atoms with van der Waals surface area (Å²) in [5.41, 5.74) is 5.80. The van der Waals surface area contributed by atoms with Crippen LogP contribution in [0.2, 0.25) is 0 Å². The number of carboxylic acids is 1. The van der Waals surface area contributed by atoms with Gasteiger partial charge in [0.05, 0.1) is 4.88 Å². The number of hydrogen-bond donors (Lipinski definition) is 2. The molecule has 2 heterocycles. The zero-order valence-corrected chi connectivity index (χ0v) is 9.40. The topological polar surface area (TPSA) is 93.3 Å². The largest absolute Gasteiger partial charge is 0.476 e. The highest BCUT2D eigenvalue weighted by atomic mass is 32.1. The number of nitrogens with two attached hydrogens (primary N) is 1. The third-order valence-corrected chi connectivity index (χ3v) is 3.17. The van der Waals surface area contributed by atoms with Crippen molar-refractivity contribution in [2.45, 2.75) is 0 Å². The SMILES string of the molecule is Nc1ccc(-c2ccc(C=O)s2)c(C(=O)O)n1. The zero-order valence-electron chi connectivity index (χ0n) is 8.58. The van der Waals surface area contributed by atoms with Crippen LogP contribution in [0.3, 0.4) is 0 Å². The van der Waals surface area contributed by atoms with E-state index in [-0.39, 0.29) is 11.5 Å². The maximum atomic E-state index is 11.0. The lowest BCUT2D eigenvalue weighted by atomic mass is 10.1. The third-order valence-electron chi connectivity index (χ3n) is 2.13. The second kappa shape index (κ2) is 4.34. The lowest BCUT2D eigenvalue weighted by Crippen LogP contribution is -2.04. The zero-order chi connectivity index (χ0) is 12.4. The molecule has 6 heteroatoms. The molecule has 0 aliphatic carbocycles. The number of aromatic nitrogens is 1. The van der Waals surface area contributed by atoms with Gasteiger partial charge in [0.25, 0.3) is 0 Å². The van der Waals surface area contributed by atoms with E-state index in [0.717, 1.165) is 6.29 Å². The van der Waals surface area contributed by atoms with E-state index in [9.17, 15) is 9.59 Å². The molecule has 5 nitrogen and oxygen atoms in total. The number of hydrogen-bond acceptors (Lipinski definition) is 5. The molecular weight excluding hydrogens is 240 g/mol. The number of aldehydes is 1. The summed E-state index contributed by atoms with van der Waals surface area (Å²) in [5.74, 6) is -0.994. The summed E-state index contributed by atoms with van der Waals surface area (Å²) < 4.78 is 0. The van der Waals surface area contributed by atoms with E-state index in [1.165, 1.54) is 17.4 Å². The van der Waals surface area contributed by atoms with Gasteiger partial charge in [0.15, 0.2) is 12.0 Å². The Morgan fingerprint density at radius 3 is 2.71 bits per heavy atom. The Hall–Kier alpha value is -2.21. The molecule has 0 saturated carbocycles. The van der Waals surface area contributed by atoms with Gasteiger partial charge < -0.3 is 10.8 Å². The van der Waals surface area contributed by atoms with Gasteiger partial charge in [-0.05, 0) is 24.3 Å².